The topological polar surface area (TPSA) is 12.0 Å². The summed E-state index contributed by atoms with van der Waals surface area (Å²) in [6, 6.07) is 0. The Morgan fingerprint density at radius 2 is 1.64 bits per heavy atom. The SMILES string of the molecule is CCCCCCN[N+](C)(C)C. The summed E-state index contributed by atoms with van der Waals surface area (Å²) in [7, 11) is 6.46. The van der Waals surface area contributed by atoms with Crippen molar-refractivity contribution in [3.05, 3.63) is 0 Å². The summed E-state index contributed by atoms with van der Waals surface area (Å²) >= 11 is 0. The van der Waals surface area contributed by atoms with Gasteiger partial charge in [-0.3, -0.25) is 4.59 Å². The Morgan fingerprint density at radius 3 is 2.09 bits per heavy atom. The number of unbranched alkanes of at least 4 members (excludes halogenated alkanes) is 3. The van der Waals surface area contributed by atoms with Gasteiger partial charge in [-0.15, -0.1) is 0 Å². The summed E-state index contributed by atoms with van der Waals surface area (Å²) in [5, 5.41) is 0. The zero-order valence-corrected chi connectivity index (χ0v) is 8.48. The molecule has 0 aliphatic rings. The van der Waals surface area contributed by atoms with Crippen molar-refractivity contribution < 1.29 is 4.59 Å². The molecule has 0 atom stereocenters. The molecule has 0 aromatic rings. The lowest BCUT2D eigenvalue weighted by Crippen LogP contribution is -2.48. The van der Waals surface area contributed by atoms with Gasteiger partial charge in [-0.25, -0.2) is 0 Å². The van der Waals surface area contributed by atoms with Crippen LogP contribution in [-0.4, -0.2) is 32.3 Å². The van der Waals surface area contributed by atoms with E-state index in [1.807, 2.05) is 0 Å². The first-order chi connectivity index (χ1) is 5.06. The predicted molar refractivity (Wildman–Crippen MR) is 50.2 cm³/mol. The van der Waals surface area contributed by atoms with Gasteiger partial charge in [-0.2, -0.15) is 5.43 Å². The van der Waals surface area contributed by atoms with Crippen LogP contribution >= 0.6 is 0 Å². The fraction of sp³-hybridized carbons (Fsp3) is 1.00. The highest BCUT2D eigenvalue weighted by atomic mass is 15.6. The first-order valence-corrected chi connectivity index (χ1v) is 4.63. The molecule has 0 radical (unpaired) electrons. The molecule has 68 valence electrons. The highest BCUT2D eigenvalue weighted by Crippen LogP contribution is 1.97. The maximum Gasteiger partial charge on any atom is 0.0853 e. The van der Waals surface area contributed by atoms with Crippen molar-refractivity contribution in [3.8, 4) is 0 Å². The molecule has 0 heterocycles. The highest BCUT2D eigenvalue weighted by Gasteiger charge is 2.03. The van der Waals surface area contributed by atoms with Crippen molar-refractivity contribution in [3.63, 3.8) is 0 Å². The van der Waals surface area contributed by atoms with Crippen LogP contribution in [0.4, 0.5) is 0 Å². The Balaban J connectivity index is 3.02. The zero-order valence-electron chi connectivity index (χ0n) is 8.48. The van der Waals surface area contributed by atoms with Gasteiger partial charge in [0.25, 0.3) is 0 Å². The lowest BCUT2D eigenvalue weighted by Gasteiger charge is -2.23. The van der Waals surface area contributed by atoms with Crippen LogP contribution in [0, 0.1) is 0 Å². The zero-order chi connectivity index (χ0) is 8.74. The van der Waals surface area contributed by atoms with Crippen LogP contribution in [0.15, 0.2) is 0 Å². The molecule has 0 saturated heterocycles. The third kappa shape index (κ3) is 9.92. The standard InChI is InChI=1S/C9H23N2/c1-5-6-7-8-9-10-11(2,3)4/h10H,5-9H2,1-4H3/q+1. The minimum absolute atomic E-state index is 0.867. The number of nitrogens with one attached hydrogen (secondary N) is 1. The Labute approximate surface area is 71.1 Å². The molecule has 0 aromatic heterocycles. The van der Waals surface area contributed by atoms with Gasteiger partial charge in [-0.05, 0) is 6.42 Å². The van der Waals surface area contributed by atoms with E-state index in [1.54, 1.807) is 0 Å². The van der Waals surface area contributed by atoms with E-state index in [0.717, 1.165) is 11.1 Å². The van der Waals surface area contributed by atoms with E-state index >= 15 is 0 Å². The summed E-state index contributed by atoms with van der Waals surface area (Å²) in [6.45, 7) is 3.39. The van der Waals surface area contributed by atoms with Crippen molar-refractivity contribution in [2.75, 3.05) is 27.7 Å². The largest absolute Gasteiger partial charge is 0.253 e. The lowest BCUT2D eigenvalue weighted by atomic mass is 10.2. The number of hydrogen-bond acceptors (Lipinski definition) is 1. The van der Waals surface area contributed by atoms with Crippen LogP contribution < -0.4 is 5.43 Å². The second-order valence-electron chi connectivity index (χ2n) is 3.98. The maximum absolute atomic E-state index is 3.42. The molecule has 2 heteroatoms. The Hall–Kier alpha value is -0.0800. The Kier molecular flexibility index (Phi) is 5.51. The number of rotatable bonds is 6. The fourth-order valence-electron chi connectivity index (χ4n) is 0.966. The Bertz CT molecular complexity index is 84.1. The first kappa shape index (κ1) is 10.9. The van der Waals surface area contributed by atoms with Crippen LogP contribution in [0.25, 0.3) is 0 Å². The van der Waals surface area contributed by atoms with Gasteiger partial charge in [0.15, 0.2) is 0 Å². The van der Waals surface area contributed by atoms with Crippen molar-refractivity contribution in [1.82, 2.24) is 5.43 Å². The minimum Gasteiger partial charge on any atom is -0.253 e. The smallest absolute Gasteiger partial charge is 0.0853 e. The molecule has 0 aromatic carbocycles. The molecule has 0 fully saturated rings. The van der Waals surface area contributed by atoms with E-state index in [9.17, 15) is 0 Å². The molecular formula is C9H23N2+. The fourth-order valence-corrected chi connectivity index (χ4v) is 0.966. The number of nitrogens with zero attached hydrogens (tertiary/aromatic N) is 1. The molecule has 0 saturated carbocycles. The molecule has 1 N–H and O–H groups in total. The van der Waals surface area contributed by atoms with Gasteiger partial charge < -0.3 is 0 Å². The van der Waals surface area contributed by atoms with Crippen molar-refractivity contribution in [2.24, 2.45) is 0 Å². The average molecular weight is 159 g/mol. The minimum atomic E-state index is 0.867. The van der Waals surface area contributed by atoms with Gasteiger partial charge in [0, 0.05) is 6.54 Å². The third-order valence-electron chi connectivity index (χ3n) is 1.62. The van der Waals surface area contributed by atoms with E-state index < -0.39 is 0 Å². The van der Waals surface area contributed by atoms with Crippen LogP contribution in [0.3, 0.4) is 0 Å². The van der Waals surface area contributed by atoms with Crippen molar-refractivity contribution in [1.29, 1.82) is 0 Å². The summed E-state index contributed by atoms with van der Waals surface area (Å²) in [5.74, 6) is 0. The van der Waals surface area contributed by atoms with E-state index in [2.05, 4.69) is 33.5 Å². The van der Waals surface area contributed by atoms with Crippen molar-refractivity contribution >= 4 is 0 Å². The normalized spacial score (nSPS) is 12.0. The molecule has 0 bridgehead atoms. The third-order valence-corrected chi connectivity index (χ3v) is 1.62. The highest BCUT2D eigenvalue weighted by molar-refractivity contribution is 4.40. The predicted octanol–water partition coefficient (Wildman–Crippen LogP) is 1.78. The lowest BCUT2D eigenvalue weighted by molar-refractivity contribution is -0.915. The van der Waals surface area contributed by atoms with E-state index in [-0.39, 0.29) is 0 Å². The van der Waals surface area contributed by atoms with Gasteiger partial charge in [0.2, 0.25) is 0 Å². The summed E-state index contributed by atoms with van der Waals surface area (Å²) in [6.07, 6.45) is 5.37. The quantitative estimate of drug-likeness (QED) is 0.354. The van der Waals surface area contributed by atoms with E-state index in [4.69, 9.17) is 0 Å². The monoisotopic (exact) mass is 159 g/mol. The maximum atomic E-state index is 3.42. The van der Waals surface area contributed by atoms with Crippen molar-refractivity contribution in [2.45, 2.75) is 32.6 Å². The summed E-state index contributed by atoms with van der Waals surface area (Å²) in [5.41, 5.74) is 3.42. The molecule has 2 nitrogen and oxygen atoms in total. The van der Waals surface area contributed by atoms with Crippen LogP contribution in [0.1, 0.15) is 32.6 Å². The summed E-state index contributed by atoms with van der Waals surface area (Å²) in [4.78, 5) is 0. The molecule has 0 rings (SSSR count). The second-order valence-corrected chi connectivity index (χ2v) is 3.98. The van der Waals surface area contributed by atoms with Crippen LogP contribution in [0.5, 0.6) is 0 Å². The first-order valence-electron chi connectivity index (χ1n) is 4.63. The molecule has 0 aliphatic heterocycles. The van der Waals surface area contributed by atoms with Crippen LogP contribution in [0.2, 0.25) is 0 Å². The van der Waals surface area contributed by atoms with Gasteiger partial charge in [0.1, 0.15) is 0 Å². The number of quaternary nitrogens is 1. The van der Waals surface area contributed by atoms with Crippen LogP contribution in [-0.2, 0) is 0 Å². The molecule has 0 aliphatic carbocycles. The number of hydrogen-bond donors (Lipinski definition) is 1. The van der Waals surface area contributed by atoms with Gasteiger partial charge >= 0.3 is 0 Å². The average Bonchev–Trinajstić information content (AvgIpc) is 1.85. The second kappa shape index (κ2) is 5.56. The van der Waals surface area contributed by atoms with Gasteiger partial charge in [-0.1, -0.05) is 26.2 Å². The van der Waals surface area contributed by atoms with E-state index in [1.165, 1.54) is 25.7 Å². The molecular weight excluding hydrogens is 136 g/mol. The molecule has 0 unspecified atom stereocenters. The molecule has 0 amide bonds. The summed E-state index contributed by atoms with van der Waals surface area (Å²) < 4.78 is 0.867. The van der Waals surface area contributed by atoms with E-state index in [0.29, 0.717) is 0 Å². The Morgan fingerprint density at radius 1 is 1.00 bits per heavy atom. The van der Waals surface area contributed by atoms with Gasteiger partial charge in [0.05, 0.1) is 21.1 Å². The molecule has 11 heavy (non-hydrogen) atoms. The molecule has 0 spiro atoms.